The van der Waals surface area contributed by atoms with Crippen LogP contribution in [-0.2, 0) is 4.79 Å². The fraction of sp³-hybridized carbons (Fsp3) is 0.450. The van der Waals surface area contributed by atoms with Crippen molar-refractivity contribution < 1.29 is 4.79 Å². The summed E-state index contributed by atoms with van der Waals surface area (Å²) in [6.45, 7) is 2.05. The van der Waals surface area contributed by atoms with Crippen LogP contribution >= 0.6 is 12.4 Å². The normalized spacial score (nSPS) is 23.5. The van der Waals surface area contributed by atoms with E-state index in [1.165, 1.54) is 16.3 Å². The third kappa shape index (κ3) is 3.15. The highest BCUT2D eigenvalue weighted by Crippen LogP contribution is 2.50. The number of nitrogens with one attached hydrogen (secondary N) is 1. The molecule has 2 fully saturated rings. The molecule has 1 aliphatic heterocycles. The molecule has 1 amide bonds. The predicted molar refractivity (Wildman–Crippen MR) is 101 cm³/mol. The van der Waals surface area contributed by atoms with Crippen LogP contribution in [0.2, 0.25) is 0 Å². The lowest BCUT2D eigenvalue weighted by atomic mass is 9.99. The van der Waals surface area contributed by atoms with Gasteiger partial charge in [-0.25, -0.2) is 0 Å². The highest BCUT2D eigenvalue weighted by Gasteiger charge is 2.46. The second-order valence-electron chi connectivity index (χ2n) is 6.95. The number of carbonyl (C=O) groups is 1. The molecule has 2 atom stereocenters. The van der Waals surface area contributed by atoms with Crippen molar-refractivity contribution in [2.45, 2.75) is 31.2 Å². The standard InChI is InChI=1S/C20H24N2O.ClH/c1-22(15-9-11-21-12-10-15)20(23)19-13-18(19)17-8-4-6-14-5-2-3-7-16(14)17;/h2-8,15,18-19,21H,9-13H2,1H3;1H. The van der Waals surface area contributed by atoms with Crippen LogP contribution in [0.1, 0.15) is 30.7 Å². The molecular weight excluding hydrogens is 320 g/mol. The van der Waals surface area contributed by atoms with Crippen LogP contribution in [0.15, 0.2) is 42.5 Å². The number of amides is 1. The smallest absolute Gasteiger partial charge is 0.226 e. The number of hydrogen-bond donors (Lipinski definition) is 1. The monoisotopic (exact) mass is 344 g/mol. The first-order valence-electron chi connectivity index (χ1n) is 8.71. The Hall–Kier alpha value is -1.58. The lowest BCUT2D eigenvalue weighted by Gasteiger charge is -2.32. The van der Waals surface area contributed by atoms with E-state index in [0.29, 0.717) is 17.9 Å². The first kappa shape index (κ1) is 17.2. The van der Waals surface area contributed by atoms with Crippen LogP contribution < -0.4 is 5.32 Å². The van der Waals surface area contributed by atoms with Gasteiger partial charge >= 0.3 is 0 Å². The summed E-state index contributed by atoms with van der Waals surface area (Å²) < 4.78 is 0. The van der Waals surface area contributed by atoms with Gasteiger partial charge in [0.2, 0.25) is 5.91 Å². The molecule has 2 aromatic rings. The van der Waals surface area contributed by atoms with E-state index in [2.05, 4.69) is 47.8 Å². The summed E-state index contributed by atoms with van der Waals surface area (Å²) in [6.07, 6.45) is 3.16. The van der Waals surface area contributed by atoms with E-state index in [1.807, 2.05) is 11.9 Å². The van der Waals surface area contributed by atoms with Crippen molar-refractivity contribution in [3.63, 3.8) is 0 Å². The van der Waals surface area contributed by atoms with Crippen molar-refractivity contribution in [1.82, 2.24) is 10.2 Å². The number of fused-ring (bicyclic) bond motifs is 1. The van der Waals surface area contributed by atoms with E-state index in [4.69, 9.17) is 0 Å². The molecule has 2 aromatic carbocycles. The van der Waals surface area contributed by atoms with Crippen LogP contribution in [-0.4, -0.2) is 37.0 Å². The third-order valence-electron chi connectivity index (χ3n) is 5.53. The molecule has 1 saturated heterocycles. The van der Waals surface area contributed by atoms with Gasteiger partial charge in [0.05, 0.1) is 0 Å². The van der Waals surface area contributed by atoms with Crippen LogP contribution in [0.3, 0.4) is 0 Å². The Labute approximate surface area is 149 Å². The lowest BCUT2D eigenvalue weighted by molar-refractivity contribution is -0.133. The van der Waals surface area contributed by atoms with Crippen molar-refractivity contribution in [3.8, 4) is 0 Å². The highest BCUT2D eigenvalue weighted by molar-refractivity contribution is 5.89. The number of hydrogen-bond acceptors (Lipinski definition) is 2. The topological polar surface area (TPSA) is 32.3 Å². The maximum atomic E-state index is 12.8. The largest absolute Gasteiger partial charge is 0.342 e. The van der Waals surface area contributed by atoms with E-state index in [0.717, 1.165) is 32.4 Å². The molecule has 0 radical (unpaired) electrons. The van der Waals surface area contributed by atoms with Gasteiger partial charge in [0.15, 0.2) is 0 Å². The van der Waals surface area contributed by atoms with Crippen LogP contribution in [0, 0.1) is 5.92 Å². The number of carbonyl (C=O) groups excluding carboxylic acids is 1. The number of benzene rings is 2. The molecule has 3 nitrogen and oxygen atoms in total. The molecule has 2 unspecified atom stereocenters. The minimum atomic E-state index is 0. The van der Waals surface area contributed by atoms with E-state index < -0.39 is 0 Å². The van der Waals surface area contributed by atoms with Gasteiger partial charge in [-0.3, -0.25) is 4.79 Å². The fourth-order valence-corrected chi connectivity index (χ4v) is 4.02. The number of halogens is 1. The minimum absolute atomic E-state index is 0. The third-order valence-corrected chi connectivity index (χ3v) is 5.53. The second kappa shape index (κ2) is 7.12. The molecule has 1 saturated carbocycles. The van der Waals surface area contributed by atoms with Gasteiger partial charge in [-0.15, -0.1) is 12.4 Å². The Bertz CT molecular complexity index is 721. The van der Waals surface area contributed by atoms with Gasteiger partial charge in [0, 0.05) is 19.0 Å². The summed E-state index contributed by atoms with van der Waals surface area (Å²) in [5.41, 5.74) is 1.35. The summed E-state index contributed by atoms with van der Waals surface area (Å²) in [5.74, 6) is 0.924. The minimum Gasteiger partial charge on any atom is -0.342 e. The van der Waals surface area contributed by atoms with E-state index in [-0.39, 0.29) is 18.3 Å². The van der Waals surface area contributed by atoms with Gasteiger partial charge in [-0.2, -0.15) is 0 Å². The Morgan fingerprint density at radius 2 is 1.79 bits per heavy atom. The molecule has 0 bridgehead atoms. The molecule has 1 heterocycles. The Morgan fingerprint density at radius 1 is 1.08 bits per heavy atom. The first-order chi connectivity index (χ1) is 11.3. The van der Waals surface area contributed by atoms with Crippen LogP contribution in [0.25, 0.3) is 10.8 Å². The summed E-state index contributed by atoms with van der Waals surface area (Å²) in [7, 11) is 2.00. The summed E-state index contributed by atoms with van der Waals surface area (Å²) in [6, 6.07) is 15.4. The fourth-order valence-electron chi connectivity index (χ4n) is 4.02. The molecule has 0 spiro atoms. The molecule has 24 heavy (non-hydrogen) atoms. The van der Waals surface area contributed by atoms with Gasteiger partial charge in [-0.05, 0) is 54.6 Å². The lowest BCUT2D eigenvalue weighted by Crippen LogP contribution is -2.44. The molecule has 1 aliphatic carbocycles. The molecule has 4 heteroatoms. The van der Waals surface area contributed by atoms with Crippen molar-refractivity contribution in [1.29, 1.82) is 0 Å². The first-order valence-corrected chi connectivity index (χ1v) is 8.71. The second-order valence-corrected chi connectivity index (χ2v) is 6.95. The Balaban J connectivity index is 0.00000169. The Kier molecular flexibility index (Phi) is 5.12. The van der Waals surface area contributed by atoms with Crippen LogP contribution in [0.4, 0.5) is 0 Å². The van der Waals surface area contributed by atoms with Gasteiger partial charge in [0.25, 0.3) is 0 Å². The predicted octanol–water partition coefficient (Wildman–Crippen LogP) is 3.58. The zero-order valence-corrected chi connectivity index (χ0v) is 14.9. The summed E-state index contributed by atoms with van der Waals surface area (Å²) in [5, 5.41) is 5.95. The van der Waals surface area contributed by atoms with Crippen molar-refractivity contribution >= 4 is 29.1 Å². The van der Waals surface area contributed by atoms with E-state index in [1.54, 1.807) is 0 Å². The maximum absolute atomic E-state index is 12.8. The number of nitrogens with zero attached hydrogens (tertiary/aromatic N) is 1. The van der Waals surface area contributed by atoms with Crippen molar-refractivity contribution in [2.75, 3.05) is 20.1 Å². The molecule has 1 N–H and O–H groups in total. The molecule has 4 rings (SSSR count). The zero-order valence-electron chi connectivity index (χ0n) is 14.1. The molecule has 2 aliphatic rings. The van der Waals surface area contributed by atoms with Crippen LogP contribution in [0.5, 0.6) is 0 Å². The van der Waals surface area contributed by atoms with E-state index in [9.17, 15) is 4.79 Å². The summed E-state index contributed by atoms with van der Waals surface area (Å²) >= 11 is 0. The summed E-state index contributed by atoms with van der Waals surface area (Å²) in [4.78, 5) is 14.9. The zero-order chi connectivity index (χ0) is 15.8. The van der Waals surface area contributed by atoms with Gasteiger partial charge in [-0.1, -0.05) is 42.5 Å². The molecular formula is C20H25ClN2O. The number of piperidine rings is 1. The molecule has 128 valence electrons. The quantitative estimate of drug-likeness (QED) is 0.923. The SMILES string of the molecule is CN(C(=O)C1CC1c1cccc2ccccc12)C1CCNCC1.Cl. The van der Waals surface area contributed by atoms with Gasteiger partial charge in [0.1, 0.15) is 0 Å². The van der Waals surface area contributed by atoms with Crippen molar-refractivity contribution in [3.05, 3.63) is 48.0 Å². The Morgan fingerprint density at radius 3 is 2.58 bits per heavy atom. The highest BCUT2D eigenvalue weighted by atomic mass is 35.5. The average molecular weight is 345 g/mol. The van der Waals surface area contributed by atoms with Crippen molar-refractivity contribution in [2.24, 2.45) is 5.92 Å². The van der Waals surface area contributed by atoms with Gasteiger partial charge < -0.3 is 10.2 Å². The maximum Gasteiger partial charge on any atom is 0.226 e. The van der Waals surface area contributed by atoms with E-state index >= 15 is 0 Å². The average Bonchev–Trinajstić information content (AvgIpc) is 3.41. The number of rotatable bonds is 3. The molecule has 0 aromatic heterocycles.